The maximum atomic E-state index is 12.4. The van der Waals surface area contributed by atoms with Gasteiger partial charge in [0.2, 0.25) is 5.91 Å². The van der Waals surface area contributed by atoms with Crippen molar-refractivity contribution in [1.82, 2.24) is 9.88 Å². The van der Waals surface area contributed by atoms with Gasteiger partial charge in [-0.15, -0.1) is 11.3 Å². The number of carbonyl (C=O) groups is 3. The number of piperazine rings is 1. The van der Waals surface area contributed by atoms with Gasteiger partial charge in [0.25, 0.3) is 5.91 Å². The number of amides is 2. The minimum absolute atomic E-state index is 0.0656. The summed E-state index contributed by atoms with van der Waals surface area (Å²) in [6.07, 6.45) is 0. The third kappa shape index (κ3) is 5.44. The molecule has 2 amide bonds. The molecule has 0 spiro atoms. The van der Waals surface area contributed by atoms with E-state index < -0.39 is 5.97 Å². The van der Waals surface area contributed by atoms with E-state index in [0.29, 0.717) is 31.3 Å². The number of benzene rings is 1. The van der Waals surface area contributed by atoms with E-state index in [1.165, 1.54) is 12.3 Å². The summed E-state index contributed by atoms with van der Waals surface area (Å²) in [6, 6.07) is 7.78. The first-order chi connectivity index (χ1) is 14.0. The van der Waals surface area contributed by atoms with Gasteiger partial charge in [-0.25, -0.2) is 9.78 Å². The minimum atomic E-state index is -0.692. The number of hydrogen-bond donors (Lipinski definition) is 1. The second kappa shape index (κ2) is 9.37. The van der Waals surface area contributed by atoms with Gasteiger partial charge in [0.15, 0.2) is 17.4 Å². The summed E-state index contributed by atoms with van der Waals surface area (Å²) in [6.45, 7) is 3.49. The third-order valence-electron chi connectivity index (χ3n) is 4.39. The van der Waals surface area contributed by atoms with Crippen LogP contribution < -0.4 is 15.0 Å². The van der Waals surface area contributed by atoms with Crippen molar-refractivity contribution in [1.29, 1.82) is 0 Å². The molecular formula is C19H22N4O5S. The number of nitrogens with one attached hydrogen (secondary N) is 1. The Hall–Kier alpha value is -3.14. The highest BCUT2D eigenvalue weighted by Gasteiger charge is 2.23. The lowest BCUT2D eigenvalue weighted by atomic mass is 10.2. The van der Waals surface area contributed by atoms with Crippen molar-refractivity contribution in [3.63, 3.8) is 0 Å². The molecule has 0 atom stereocenters. The summed E-state index contributed by atoms with van der Waals surface area (Å²) < 4.78 is 10.2. The number of rotatable bonds is 6. The first-order valence-electron chi connectivity index (χ1n) is 9.03. The van der Waals surface area contributed by atoms with Gasteiger partial charge in [0, 0.05) is 44.2 Å². The largest absolute Gasteiger partial charge is 0.497 e. The Morgan fingerprint density at radius 1 is 1.14 bits per heavy atom. The van der Waals surface area contributed by atoms with Crippen LogP contribution in [0.4, 0.5) is 10.8 Å². The summed E-state index contributed by atoms with van der Waals surface area (Å²) >= 11 is 1.12. The van der Waals surface area contributed by atoms with Crippen molar-refractivity contribution in [2.24, 2.45) is 0 Å². The predicted molar refractivity (Wildman–Crippen MR) is 108 cm³/mol. The molecule has 10 heteroatoms. The van der Waals surface area contributed by atoms with Crippen LogP contribution in [0.2, 0.25) is 0 Å². The summed E-state index contributed by atoms with van der Waals surface area (Å²) in [7, 11) is 1.63. The molecule has 1 aliphatic heterocycles. The Morgan fingerprint density at radius 2 is 1.83 bits per heavy atom. The van der Waals surface area contributed by atoms with E-state index in [1.807, 2.05) is 24.3 Å². The topological polar surface area (TPSA) is 101 Å². The average molecular weight is 418 g/mol. The van der Waals surface area contributed by atoms with Gasteiger partial charge >= 0.3 is 5.97 Å². The highest BCUT2D eigenvalue weighted by Crippen LogP contribution is 2.20. The monoisotopic (exact) mass is 418 g/mol. The van der Waals surface area contributed by atoms with Crippen molar-refractivity contribution in [2.45, 2.75) is 6.92 Å². The molecule has 29 heavy (non-hydrogen) atoms. The van der Waals surface area contributed by atoms with E-state index in [9.17, 15) is 14.4 Å². The predicted octanol–water partition coefficient (Wildman–Crippen LogP) is 1.62. The van der Waals surface area contributed by atoms with Gasteiger partial charge in [-0.1, -0.05) is 0 Å². The molecule has 2 aromatic rings. The summed E-state index contributed by atoms with van der Waals surface area (Å²) in [5.74, 6) is -0.412. The summed E-state index contributed by atoms with van der Waals surface area (Å²) in [5.41, 5.74) is 1.14. The highest BCUT2D eigenvalue weighted by atomic mass is 32.1. The maximum absolute atomic E-state index is 12.4. The number of methoxy groups -OCH3 is 1. The first kappa shape index (κ1) is 20.6. The number of carbonyl (C=O) groups excluding carboxylic acids is 3. The van der Waals surface area contributed by atoms with Gasteiger partial charge in [-0.2, -0.15) is 0 Å². The molecule has 1 aromatic carbocycles. The number of anilines is 2. The van der Waals surface area contributed by atoms with Crippen LogP contribution in [0.3, 0.4) is 0 Å². The summed E-state index contributed by atoms with van der Waals surface area (Å²) in [5, 5.41) is 4.28. The van der Waals surface area contributed by atoms with Crippen LogP contribution in [0.15, 0.2) is 29.6 Å². The van der Waals surface area contributed by atoms with Gasteiger partial charge < -0.3 is 24.6 Å². The number of nitrogens with zero attached hydrogens (tertiary/aromatic N) is 3. The van der Waals surface area contributed by atoms with Crippen molar-refractivity contribution in [3.8, 4) is 5.75 Å². The van der Waals surface area contributed by atoms with E-state index in [2.05, 4.69) is 15.2 Å². The van der Waals surface area contributed by atoms with Crippen molar-refractivity contribution < 1.29 is 23.9 Å². The number of esters is 1. The van der Waals surface area contributed by atoms with Crippen LogP contribution in [0.5, 0.6) is 5.75 Å². The lowest BCUT2D eigenvalue weighted by molar-refractivity contribution is -0.134. The number of thiazole rings is 1. The molecule has 1 aliphatic rings. The molecule has 1 aromatic heterocycles. The SMILES string of the molecule is COc1ccc(N2CCN(C(=O)COC(=O)c3csc(NC(C)=O)n3)CC2)cc1. The molecule has 0 aliphatic carbocycles. The van der Waals surface area contributed by atoms with E-state index in [4.69, 9.17) is 9.47 Å². The molecule has 1 saturated heterocycles. The molecule has 1 N–H and O–H groups in total. The minimum Gasteiger partial charge on any atom is -0.497 e. The second-order valence-corrected chi connectivity index (χ2v) is 7.22. The third-order valence-corrected chi connectivity index (χ3v) is 5.15. The normalized spacial score (nSPS) is 13.7. The lowest BCUT2D eigenvalue weighted by Crippen LogP contribution is -2.49. The average Bonchev–Trinajstić information content (AvgIpc) is 3.20. The Bertz CT molecular complexity index is 875. The number of aromatic nitrogens is 1. The molecule has 0 saturated carbocycles. The fourth-order valence-electron chi connectivity index (χ4n) is 2.88. The van der Waals surface area contributed by atoms with E-state index in [-0.39, 0.29) is 24.1 Å². The molecule has 9 nitrogen and oxygen atoms in total. The molecule has 2 heterocycles. The smallest absolute Gasteiger partial charge is 0.358 e. The molecule has 0 unspecified atom stereocenters. The van der Waals surface area contributed by atoms with E-state index >= 15 is 0 Å². The van der Waals surface area contributed by atoms with Gasteiger partial charge in [0.05, 0.1) is 7.11 Å². The van der Waals surface area contributed by atoms with Crippen LogP contribution >= 0.6 is 11.3 Å². The molecular weight excluding hydrogens is 396 g/mol. The molecule has 3 rings (SSSR count). The van der Waals surface area contributed by atoms with Crippen LogP contribution in [-0.4, -0.2) is 67.6 Å². The highest BCUT2D eigenvalue weighted by molar-refractivity contribution is 7.14. The molecule has 154 valence electrons. The van der Waals surface area contributed by atoms with Crippen LogP contribution in [0, 0.1) is 0 Å². The van der Waals surface area contributed by atoms with Crippen LogP contribution in [0.25, 0.3) is 0 Å². The fraction of sp³-hybridized carbons (Fsp3) is 0.368. The first-order valence-corrected chi connectivity index (χ1v) is 9.91. The van der Waals surface area contributed by atoms with Gasteiger partial charge in [-0.3, -0.25) is 9.59 Å². The van der Waals surface area contributed by atoms with Crippen molar-refractivity contribution in [2.75, 3.05) is 50.1 Å². The number of ether oxygens (including phenoxy) is 2. The van der Waals surface area contributed by atoms with Crippen LogP contribution in [0.1, 0.15) is 17.4 Å². The lowest BCUT2D eigenvalue weighted by Gasteiger charge is -2.36. The van der Waals surface area contributed by atoms with Crippen LogP contribution in [-0.2, 0) is 14.3 Å². The number of hydrogen-bond acceptors (Lipinski definition) is 8. The molecule has 1 fully saturated rings. The maximum Gasteiger partial charge on any atom is 0.358 e. The Labute approximate surface area is 172 Å². The zero-order chi connectivity index (χ0) is 20.8. The zero-order valence-electron chi connectivity index (χ0n) is 16.2. The quantitative estimate of drug-likeness (QED) is 0.712. The van der Waals surface area contributed by atoms with Gasteiger partial charge in [-0.05, 0) is 24.3 Å². The summed E-state index contributed by atoms with van der Waals surface area (Å²) in [4.78, 5) is 43.2. The van der Waals surface area contributed by atoms with E-state index in [0.717, 1.165) is 22.8 Å². The standard InChI is InChI=1S/C19H22N4O5S/c1-13(24)20-19-21-16(12-29-19)18(26)28-11-17(25)23-9-7-22(8-10-23)14-3-5-15(27-2)6-4-14/h3-6,12H,7-11H2,1-2H3,(H,20,21,24). The van der Waals surface area contributed by atoms with E-state index in [1.54, 1.807) is 12.0 Å². The fourth-order valence-corrected chi connectivity index (χ4v) is 3.60. The van der Waals surface area contributed by atoms with Crippen molar-refractivity contribution >= 4 is 39.9 Å². The molecule has 0 radical (unpaired) electrons. The Kier molecular flexibility index (Phi) is 6.65. The van der Waals surface area contributed by atoms with Gasteiger partial charge in [0.1, 0.15) is 5.75 Å². The zero-order valence-corrected chi connectivity index (χ0v) is 17.0. The Morgan fingerprint density at radius 3 is 2.45 bits per heavy atom. The Balaban J connectivity index is 1.45. The second-order valence-electron chi connectivity index (χ2n) is 6.36. The van der Waals surface area contributed by atoms with Crippen molar-refractivity contribution in [3.05, 3.63) is 35.3 Å². The molecule has 0 bridgehead atoms.